The maximum atomic E-state index is 12.7. The van der Waals surface area contributed by atoms with Crippen LogP contribution in [0.1, 0.15) is 53.2 Å². The molecule has 1 fully saturated rings. The van der Waals surface area contributed by atoms with E-state index in [-0.39, 0.29) is 25.1 Å². The van der Waals surface area contributed by atoms with Crippen molar-refractivity contribution < 1.29 is 23.9 Å². The Hall–Kier alpha value is -3.09. The molecule has 7 nitrogen and oxygen atoms in total. The standard InChI is InChI=1S/C22H26N2O5/c1-4-28-22(27)18-12-14(2)24(15(18)3)13-19(25)29-20(16-8-6-5-7-9-16)21(26)23-17-10-11-17/h5-9,12,17,20H,4,10-11,13H2,1-3H3,(H,23,26). The van der Waals surface area contributed by atoms with E-state index in [4.69, 9.17) is 9.47 Å². The van der Waals surface area contributed by atoms with Crippen molar-refractivity contribution >= 4 is 17.8 Å². The SMILES string of the molecule is CCOC(=O)c1cc(C)n(CC(=O)OC(C(=O)NC2CC2)c2ccccc2)c1C. The summed E-state index contributed by atoms with van der Waals surface area (Å²) in [5, 5.41) is 2.89. The molecule has 29 heavy (non-hydrogen) atoms. The van der Waals surface area contributed by atoms with Crippen LogP contribution in [0.4, 0.5) is 0 Å². The van der Waals surface area contributed by atoms with Gasteiger partial charge in [0.1, 0.15) is 6.54 Å². The Morgan fingerprint density at radius 1 is 1.17 bits per heavy atom. The zero-order valence-corrected chi connectivity index (χ0v) is 16.9. The number of amides is 1. The van der Waals surface area contributed by atoms with Crippen LogP contribution in [-0.2, 0) is 25.6 Å². The maximum absolute atomic E-state index is 12.7. The summed E-state index contributed by atoms with van der Waals surface area (Å²) in [5.74, 6) is -1.30. The molecule has 1 aromatic heterocycles. The molecule has 1 amide bonds. The fourth-order valence-electron chi connectivity index (χ4n) is 3.16. The maximum Gasteiger partial charge on any atom is 0.339 e. The molecule has 154 valence electrons. The first-order valence-electron chi connectivity index (χ1n) is 9.79. The predicted octanol–water partition coefficient (Wildman–Crippen LogP) is 2.84. The van der Waals surface area contributed by atoms with E-state index in [9.17, 15) is 14.4 Å². The van der Waals surface area contributed by atoms with Crippen LogP contribution in [0.25, 0.3) is 0 Å². The van der Waals surface area contributed by atoms with Gasteiger partial charge in [0, 0.05) is 23.0 Å². The summed E-state index contributed by atoms with van der Waals surface area (Å²) in [6, 6.07) is 10.8. The van der Waals surface area contributed by atoms with Gasteiger partial charge in [-0.15, -0.1) is 0 Å². The van der Waals surface area contributed by atoms with E-state index in [1.54, 1.807) is 55.7 Å². The van der Waals surface area contributed by atoms with Crippen LogP contribution in [0.3, 0.4) is 0 Å². The van der Waals surface area contributed by atoms with E-state index < -0.39 is 18.0 Å². The second-order valence-electron chi connectivity index (χ2n) is 7.15. The van der Waals surface area contributed by atoms with Crippen molar-refractivity contribution in [3.05, 3.63) is 58.9 Å². The zero-order chi connectivity index (χ0) is 21.0. The lowest BCUT2D eigenvalue weighted by Gasteiger charge is -2.19. The highest BCUT2D eigenvalue weighted by Crippen LogP contribution is 2.24. The summed E-state index contributed by atoms with van der Waals surface area (Å²) in [6.07, 6.45) is 0.879. The topological polar surface area (TPSA) is 86.6 Å². The molecule has 3 rings (SSSR count). The molecule has 1 aromatic carbocycles. The number of esters is 2. The van der Waals surface area contributed by atoms with Gasteiger partial charge in [-0.2, -0.15) is 0 Å². The number of ether oxygens (including phenoxy) is 2. The largest absolute Gasteiger partial charge is 0.462 e. The number of rotatable bonds is 8. The van der Waals surface area contributed by atoms with Crippen molar-refractivity contribution in [1.29, 1.82) is 0 Å². The first-order valence-corrected chi connectivity index (χ1v) is 9.79. The van der Waals surface area contributed by atoms with Crippen LogP contribution in [-0.4, -0.2) is 35.1 Å². The lowest BCUT2D eigenvalue weighted by atomic mass is 10.1. The van der Waals surface area contributed by atoms with Crippen LogP contribution in [0.5, 0.6) is 0 Å². The Labute approximate surface area is 170 Å². The second kappa shape index (κ2) is 8.94. The van der Waals surface area contributed by atoms with Crippen molar-refractivity contribution in [2.45, 2.75) is 52.3 Å². The van der Waals surface area contributed by atoms with Gasteiger partial charge < -0.3 is 19.4 Å². The highest BCUT2D eigenvalue weighted by atomic mass is 16.5. The van der Waals surface area contributed by atoms with Crippen LogP contribution in [0, 0.1) is 13.8 Å². The Kier molecular flexibility index (Phi) is 6.36. The van der Waals surface area contributed by atoms with Gasteiger partial charge in [0.05, 0.1) is 12.2 Å². The summed E-state index contributed by atoms with van der Waals surface area (Å²) >= 11 is 0. The molecule has 0 saturated heterocycles. The molecule has 1 unspecified atom stereocenters. The van der Waals surface area contributed by atoms with Crippen LogP contribution < -0.4 is 5.32 Å². The molecular weight excluding hydrogens is 372 g/mol. The Morgan fingerprint density at radius 2 is 1.86 bits per heavy atom. The minimum atomic E-state index is -1.01. The number of hydrogen-bond donors (Lipinski definition) is 1. The summed E-state index contributed by atoms with van der Waals surface area (Å²) in [4.78, 5) is 37.4. The summed E-state index contributed by atoms with van der Waals surface area (Å²) in [7, 11) is 0. The Morgan fingerprint density at radius 3 is 2.48 bits per heavy atom. The lowest BCUT2D eigenvalue weighted by Crippen LogP contribution is -2.34. The highest BCUT2D eigenvalue weighted by Gasteiger charge is 2.31. The minimum absolute atomic E-state index is 0.100. The molecule has 7 heteroatoms. The number of benzene rings is 1. The van der Waals surface area contributed by atoms with Crippen LogP contribution in [0.15, 0.2) is 36.4 Å². The molecule has 2 aromatic rings. The second-order valence-corrected chi connectivity index (χ2v) is 7.15. The van der Waals surface area contributed by atoms with Gasteiger partial charge in [0.2, 0.25) is 6.10 Å². The fourth-order valence-corrected chi connectivity index (χ4v) is 3.16. The van der Waals surface area contributed by atoms with Crippen LogP contribution in [0.2, 0.25) is 0 Å². The first-order chi connectivity index (χ1) is 13.9. The van der Waals surface area contributed by atoms with Gasteiger partial charge in [0.15, 0.2) is 0 Å². The number of nitrogens with one attached hydrogen (secondary N) is 1. The van der Waals surface area contributed by atoms with E-state index in [0.29, 0.717) is 16.8 Å². The average Bonchev–Trinajstić information content (AvgIpc) is 3.47. The average molecular weight is 398 g/mol. The molecule has 0 bridgehead atoms. The Bertz CT molecular complexity index is 899. The van der Waals surface area contributed by atoms with Gasteiger partial charge in [0.25, 0.3) is 5.91 Å². The summed E-state index contributed by atoms with van der Waals surface area (Å²) in [5.41, 5.74) is 2.40. The molecular formula is C22H26N2O5. The number of aryl methyl sites for hydroxylation is 1. The van der Waals surface area contributed by atoms with Crippen molar-refractivity contribution in [2.75, 3.05) is 6.61 Å². The molecule has 1 saturated carbocycles. The highest BCUT2D eigenvalue weighted by molar-refractivity contribution is 5.91. The molecule has 1 aliphatic carbocycles. The zero-order valence-electron chi connectivity index (χ0n) is 16.9. The van der Waals surface area contributed by atoms with E-state index in [1.807, 2.05) is 6.07 Å². The molecule has 0 radical (unpaired) electrons. The molecule has 1 heterocycles. The lowest BCUT2D eigenvalue weighted by molar-refractivity contribution is -0.157. The normalized spacial score (nSPS) is 14.2. The van der Waals surface area contributed by atoms with E-state index in [2.05, 4.69) is 5.32 Å². The minimum Gasteiger partial charge on any atom is -0.462 e. The monoisotopic (exact) mass is 398 g/mol. The molecule has 1 N–H and O–H groups in total. The smallest absolute Gasteiger partial charge is 0.339 e. The van der Waals surface area contributed by atoms with Gasteiger partial charge in [-0.05, 0) is 39.7 Å². The van der Waals surface area contributed by atoms with E-state index >= 15 is 0 Å². The Balaban J connectivity index is 1.75. The number of hydrogen-bond acceptors (Lipinski definition) is 5. The summed E-state index contributed by atoms with van der Waals surface area (Å²) in [6.45, 7) is 5.47. The van der Waals surface area contributed by atoms with Crippen molar-refractivity contribution in [3.63, 3.8) is 0 Å². The van der Waals surface area contributed by atoms with Crippen molar-refractivity contribution in [1.82, 2.24) is 9.88 Å². The third kappa shape index (κ3) is 5.04. The van der Waals surface area contributed by atoms with Crippen molar-refractivity contribution in [3.8, 4) is 0 Å². The number of carbonyl (C=O) groups excluding carboxylic acids is 3. The number of carbonyl (C=O) groups is 3. The number of nitrogens with zero attached hydrogens (tertiary/aromatic N) is 1. The molecule has 1 atom stereocenters. The van der Waals surface area contributed by atoms with Gasteiger partial charge in [-0.25, -0.2) is 4.79 Å². The van der Waals surface area contributed by atoms with Gasteiger partial charge in [-0.3, -0.25) is 9.59 Å². The fraction of sp³-hybridized carbons (Fsp3) is 0.409. The molecule has 0 aliphatic heterocycles. The molecule has 1 aliphatic rings. The van der Waals surface area contributed by atoms with Crippen molar-refractivity contribution in [2.24, 2.45) is 0 Å². The quantitative estimate of drug-likeness (QED) is 0.691. The third-order valence-corrected chi connectivity index (χ3v) is 4.87. The predicted molar refractivity (Wildman–Crippen MR) is 106 cm³/mol. The third-order valence-electron chi connectivity index (χ3n) is 4.87. The van der Waals surface area contributed by atoms with Crippen LogP contribution >= 0.6 is 0 Å². The molecule has 0 spiro atoms. The van der Waals surface area contributed by atoms with E-state index in [1.165, 1.54) is 0 Å². The van der Waals surface area contributed by atoms with E-state index in [0.717, 1.165) is 18.5 Å². The number of aromatic nitrogens is 1. The first kappa shape index (κ1) is 20.6. The summed E-state index contributed by atoms with van der Waals surface area (Å²) < 4.78 is 12.3. The van der Waals surface area contributed by atoms with Gasteiger partial charge >= 0.3 is 11.9 Å². The van der Waals surface area contributed by atoms with Gasteiger partial charge in [-0.1, -0.05) is 30.3 Å².